The quantitative estimate of drug-likeness (QED) is 0.400. The van der Waals surface area contributed by atoms with Gasteiger partial charge in [0, 0.05) is 54.4 Å². The second-order valence-electron chi connectivity index (χ2n) is 8.08. The Bertz CT molecular complexity index is 1340. The fourth-order valence-corrected chi connectivity index (χ4v) is 3.98. The van der Waals surface area contributed by atoms with Gasteiger partial charge in [-0.3, -0.25) is 14.5 Å². The number of rotatable bonds is 8. The maximum atomic E-state index is 12.2. The third-order valence-corrected chi connectivity index (χ3v) is 6.10. The first-order valence-corrected chi connectivity index (χ1v) is 11.3. The van der Waals surface area contributed by atoms with Crippen LogP contribution in [-0.2, 0) is 25.0 Å². The summed E-state index contributed by atoms with van der Waals surface area (Å²) in [6.45, 7) is 4.27. The molecule has 1 atom stereocenters. The van der Waals surface area contributed by atoms with Gasteiger partial charge in [-0.25, -0.2) is 4.98 Å². The van der Waals surface area contributed by atoms with Gasteiger partial charge in [0.1, 0.15) is 17.9 Å². The van der Waals surface area contributed by atoms with Crippen LogP contribution in [0, 0.1) is 6.92 Å². The zero-order chi connectivity index (χ0) is 24.2. The van der Waals surface area contributed by atoms with Gasteiger partial charge in [0.25, 0.3) is 0 Å². The third-order valence-electron chi connectivity index (χ3n) is 5.77. The number of likely N-dealkylation sites (N-methyl/N-ethyl adjacent to an activating group) is 1. The average molecular weight is 479 g/mol. The summed E-state index contributed by atoms with van der Waals surface area (Å²) in [5.74, 6) is 0.544. The maximum absolute atomic E-state index is 12.2. The first-order chi connectivity index (χ1) is 16.4. The van der Waals surface area contributed by atoms with Crippen LogP contribution in [0.4, 0.5) is 0 Å². The first kappa shape index (κ1) is 23.7. The minimum atomic E-state index is -0.300. The number of nitrogens with zero attached hydrogens (tertiary/aromatic N) is 4. The van der Waals surface area contributed by atoms with Gasteiger partial charge in [-0.1, -0.05) is 23.7 Å². The van der Waals surface area contributed by atoms with Gasteiger partial charge in [0.05, 0.1) is 16.8 Å². The fourth-order valence-electron chi connectivity index (χ4n) is 3.75. The number of hydrogen-bond donors (Lipinski definition) is 2. The second-order valence-corrected chi connectivity index (χ2v) is 8.49. The lowest BCUT2D eigenvalue weighted by Crippen LogP contribution is -2.40. The van der Waals surface area contributed by atoms with Gasteiger partial charge in [-0.15, -0.1) is 0 Å². The molecule has 4 rings (SSSR count). The molecule has 1 unspecified atom stereocenters. The number of carbonyl (C=O) groups is 1. The normalized spacial score (nSPS) is 12.0. The molecule has 4 aromatic rings. The number of aromatic nitrogens is 4. The summed E-state index contributed by atoms with van der Waals surface area (Å²) >= 11 is 6.46. The molecule has 1 aromatic carbocycles. The van der Waals surface area contributed by atoms with E-state index in [1.807, 2.05) is 42.9 Å². The van der Waals surface area contributed by atoms with Crippen molar-refractivity contribution < 1.29 is 9.53 Å². The predicted octanol–water partition coefficient (Wildman–Crippen LogP) is 3.80. The lowest BCUT2D eigenvalue weighted by Gasteiger charge is -2.16. The van der Waals surface area contributed by atoms with Crippen molar-refractivity contribution in [2.24, 2.45) is 7.05 Å². The van der Waals surface area contributed by atoms with Crippen molar-refractivity contribution >= 4 is 28.4 Å². The van der Waals surface area contributed by atoms with Gasteiger partial charge >= 0.3 is 0 Å². The van der Waals surface area contributed by atoms with Crippen molar-refractivity contribution in [3.63, 3.8) is 0 Å². The number of ether oxygens (including phenoxy) is 1. The van der Waals surface area contributed by atoms with E-state index in [2.05, 4.69) is 26.8 Å². The molecule has 3 heterocycles. The third kappa shape index (κ3) is 4.88. The Morgan fingerprint density at radius 2 is 2.09 bits per heavy atom. The minimum absolute atomic E-state index is 0.106. The summed E-state index contributed by atoms with van der Waals surface area (Å²) in [5, 5.41) is 11.6. The number of hydrogen-bond acceptors (Lipinski definition) is 6. The Hall–Kier alpha value is -3.49. The van der Waals surface area contributed by atoms with E-state index in [4.69, 9.17) is 21.3 Å². The second kappa shape index (κ2) is 10.2. The highest BCUT2D eigenvalue weighted by Crippen LogP contribution is 2.33. The van der Waals surface area contributed by atoms with Gasteiger partial charge in [0.15, 0.2) is 0 Å². The lowest BCUT2D eigenvalue weighted by atomic mass is 10.0. The van der Waals surface area contributed by atoms with Crippen molar-refractivity contribution in [2.75, 3.05) is 7.05 Å². The van der Waals surface area contributed by atoms with E-state index < -0.39 is 0 Å². The van der Waals surface area contributed by atoms with Crippen molar-refractivity contribution in [1.82, 2.24) is 30.4 Å². The van der Waals surface area contributed by atoms with Crippen LogP contribution in [0.25, 0.3) is 22.2 Å². The number of nitrogens with one attached hydrogen (secondary N) is 2. The molecular weight excluding hydrogens is 452 g/mol. The number of benzene rings is 1. The smallest absolute Gasteiger partial charge is 0.237 e. The molecule has 0 saturated carbocycles. The lowest BCUT2D eigenvalue weighted by molar-refractivity contribution is -0.122. The Morgan fingerprint density at radius 3 is 2.82 bits per heavy atom. The molecule has 2 N–H and O–H groups in total. The molecule has 0 aliphatic carbocycles. The number of para-hydroxylation sites is 1. The van der Waals surface area contributed by atoms with E-state index in [0.717, 1.165) is 39.0 Å². The summed E-state index contributed by atoms with van der Waals surface area (Å²) in [6.07, 6.45) is 5.05. The number of carbonyl (C=O) groups excluding carboxylic acids is 1. The van der Waals surface area contributed by atoms with Gasteiger partial charge in [-0.05, 0) is 44.7 Å². The zero-order valence-corrected chi connectivity index (χ0v) is 20.3. The monoisotopic (exact) mass is 478 g/mol. The van der Waals surface area contributed by atoms with Crippen LogP contribution in [0.5, 0.6) is 5.75 Å². The molecule has 34 heavy (non-hydrogen) atoms. The molecule has 8 nitrogen and oxygen atoms in total. The summed E-state index contributed by atoms with van der Waals surface area (Å²) in [5.41, 5.74) is 5.25. The van der Waals surface area contributed by atoms with Crippen molar-refractivity contribution in [2.45, 2.75) is 33.0 Å². The summed E-state index contributed by atoms with van der Waals surface area (Å²) in [7, 11) is 3.66. The molecule has 0 aliphatic rings. The first-order valence-electron chi connectivity index (χ1n) is 11.0. The maximum Gasteiger partial charge on any atom is 0.237 e. The van der Waals surface area contributed by atoms with E-state index in [1.165, 1.54) is 0 Å². The van der Waals surface area contributed by atoms with E-state index in [1.54, 1.807) is 32.6 Å². The van der Waals surface area contributed by atoms with E-state index in [9.17, 15) is 4.79 Å². The predicted molar refractivity (Wildman–Crippen MR) is 133 cm³/mol. The SMILES string of the molecule is CNC(C)C(=O)NCc1cncc(Cl)c1COc1cccc2c(-c3ccnn3C)cc(C)nc12. The topological polar surface area (TPSA) is 94.0 Å². The highest BCUT2D eigenvalue weighted by atomic mass is 35.5. The fraction of sp³-hybridized carbons (Fsp3) is 0.280. The molecular formula is C25H27ClN6O2. The van der Waals surface area contributed by atoms with E-state index >= 15 is 0 Å². The van der Waals surface area contributed by atoms with Crippen LogP contribution in [0.3, 0.4) is 0 Å². The van der Waals surface area contributed by atoms with Crippen LogP contribution < -0.4 is 15.4 Å². The summed E-state index contributed by atoms with van der Waals surface area (Å²) in [6, 6.07) is 9.60. The highest BCUT2D eigenvalue weighted by molar-refractivity contribution is 6.31. The summed E-state index contributed by atoms with van der Waals surface area (Å²) < 4.78 is 8.08. The van der Waals surface area contributed by atoms with E-state index in [0.29, 0.717) is 17.3 Å². The number of pyridine rings is 2. The Kier molecular flexibility index (Phi) is 7.09. The van der Waals surface area contributed by atoms with Crippen molar-refractivity contribution in [3.8, 4) is 17.0 Å². The Morgan fingerprint density at radius 1 is 1.26 bits per heavy atom. The van der Waals surface area contributed by atoms with Crippen LogP contribution in [0.15, 0.2) is 48.9 Å². The number of halogens is 1. The average Bonchev–Trinajstić information content (AvgIpc) is 3.26. The van der Waals surface area contributed by atoms with Crippen LogP contribution in [-0.4, -0.2) is 38.7 Å². The molecule has 176 valence electrons. The molecule has 0 aliphatic heterocycles. The molecule has 0 fully saturated rings. The molecule has 0 saturated heterocycles. The number of aryl methyl sites for hydroxylation is 2. The van der Waals surface area contributed by atoms with Crippen molar-refractivity contribution in [3.05, 3.63) is 70.8 Å². The molecule has 3 aromatic heterocycles. The van der Waals surface area contributed by atoms with Gasteiger partial charge < -0.3 is 15.4 Å². The molecule has 9 heteroatoms. The Balaban J connectivity index is 1.63. The standard InChI is InChI=1S/C25H27ClN6O2/c1-15-10-19(22-8-9-30-32(22)4)18-6-5-7-23(24(18)31-15)34-14-20-17(11-28-13-21(20)26)12-29-25(33)16(2)27-3/h5-11,13,16,27H,12,14H2,1-4H3,(H,29,33). The minimum Gasteiger partial charge on any atom is -0.487 e. The number of fused-ring (bicyclic) bond motifs is 1. The summed E-state index contributed by atoms with van der Waals surface area (Å²) in [4.78, 5) is 21.1. The van der Waals surface area contributed by atoms with Gasteiger partial charge in [0.2, 0.25) is 5.91 Å². The highest BCUT2D eigenvalue weighted by Gasteiger charge is 2.16. The zero-order valence-electron chi connectivity index (χ0n) is 19.6. The van der Waals surface area contributed by atoms with E-state index in [-0.39, 0.29) is 18.6 Å². The van der Waals surface area contributed by atoms with Crippen LogP contribution in [0.2, 0.25) is 5.02 Å². The van der Waals surface area contributed by atoms with Gasteiger partial charge in [-0.2, -0.15) is 5.10 Å². The Labute approximate surface area is 203 Å². The van der Waals surface area contributed by atoms with Crippen LogP contribution in [0.1, 0.15) is 23.7 Å². The van der Waals surface area contributed by atoms with Crippen LogP contribution >= 0.6 is 11.6 Å². The molecule has 1 amide bonds. The number of amides is 1. The van der Waals surface area contributed by atoms with Crippen molar-refractivity contribution in [1.29, 1.82) is 0 Å². The largest absolute Gasteiger partial charge is 0.487 e. The molecule has 0 spiro atoms. The molecule has 0 radical (unpaired) electrons. The molecule has 0 bridgehead atoms.